The monoisotopic (exact) mass is 230 g/mol. The van der Waals surface area contributed by atoms with Gasteiger partial charge in [0.05, 0.1) is 11.6 Å². The maximum absolute atomic E-state index is 8.98. The highest BCUT2D eigenvalue weighted by Gasteiger charge is 2.14. The quantitative estimate of drug-likeness (QED) is 0.731. The van der Waals surface area contributed by atoms with E-state index in [1.807, 2.05) is 19.1 Å². The number of nitrogens with zero attached hydrogens (tertiary/aromatic N) is 4. The number of pyridine rings is 1. The molecular weight excluding hydrogens is 212 g/mol. The summed E-state index contributed by atoms with van der Waals surface area (Å²) >= 11 is 0. The third-order valence-corrected chi connectivity index (χ3v) is 3.11. The Labute approximate surface area is 102 Å². The van der Waals surface area contributed by atoms with E-state index in [1.54, 1.807) is 0 Å². The third kappa shape index (κ3) is 2.95. The molecule has 0 N–H and O–H groups in total. The van der Waals surface area contributed by atoms with Crippen molar-refractivity contribution >= 4 is 5.82 Å². The zero-order valence-electron chi connectivity index (χ0n) is 10.5. The maximum atomic E-state index is 8.98. The first-order chi connectivity index (χ1) is 8.19. The molecule has 0 radical (unpaired) electrons. The van der Waals surface area contributed by atoms with Gasteiger partial charge in [-0.05, 0) is 39.1 Å². The van der Waals surface area contributed by atoms with E-state index in [9.17, 15) is 0 Å². The van der Waals surface area contributed by atoms with Gasteiger partial charge >= 0.3 is 0 Å². The van der Waals surface area contributed by atoms with Crippen molar-refractivity contribution in [1.82, 2.24) is 9.88 Å². The Hall–Kier alpha value is -1.60. The van der Waals surface area contributed by atoms with Crippen molar-refractivity contribution < 1.29 is 0 Å². The second-order valence-corrected chi connectivity index (χ2v) is 4.61. The Morgan fingerprint density at radius 2 is 2.06 bits per heavy atom. The number of aryl methyl sites for hydroxylation is 1. The van der Waals surface area contributed by atoms with Crippen LogP contribution in [0.15, 0.2) is 12.1 Å². The SMILES string of the molecule is Cc1cc(C#N)cc(N2CCCN(C)CC2)n1. The molecule has 1 aromatic heterocycles. The van der Waals surface area contributed by atoms with Crippen LogP contribution in [0.25, 0.3) is 0 Å². The van der Waals surface area contributed by atoms with Crippen LogP contribution in [-0.2, 0) is 0 Å². The van der Waals surface area contributed by atoms with Crippen LogP contribution < -0.4 is 4.90 Å². The molecule has 0 unspecified atom stereocenters. The Bertz CT molecular complexity index is 436. The average molecular weight is 230 g/mol. The predicted octanol–water partition coefficient (Wildman–Crippen LogP) is 1.40. The Morgan fingerprint density at radius 3 is 2.82 bits per heavy atom. The first kappa shape index (κ1) is 11.9. The molecule has 0 aliphatic carbocycles. The molecule has 4 nitrogen and oxygen atoms in total. The molecule has 90 valence electrons. The predicted molar refractivity (Wildman–Crippen MR) is 68.0 cm³/mol. The van der Waals surface area contributed by atoms with Crippen LogP contribution in [0.2, 0.25) is 0 Å². The van der Waals surface area contributed by atoms with E-state index in [0.717, 1.165) is 44.1 Å². The molecule has 0 bridgehead atoms. The molecular formula is C13H18N4. The number of rotatable bonds is 1. The highest BCUT2D eigenvalue weighted by Crippen LogP contribution is 2.16. The summed E-state index contributed by atoms with van der Waals surface area (Å²) in [6.07, 6.45) is 1.15. The number of anilines is 1. The minimum Gasteiger partial charge on any atom is -0.355 e. The second kappa shape index (κ2) is 5.15. The van der Waals surface area contributed by atoms with Crippen LogP contribution in [0.5, 0.6) is 0 Å². The van der Waals surface area contributed by atoms with E-state index in [1.165, 1.54) is 0 Å². The van der Waals surface area contributed by atoms with Gasteiger partial charge in [0.1, 0.15) is 5.82 Å². The lowest BCUT2D eigenvalue weighted by molar-refractivity contribution is 0.360. The van der Waals surface area contributed by atoms with Crippen LogP contribution in [0.3, 0.4) is 0 Å². The lowest BCUT2D eigenvalue weighted by atomic mass is 10.2. The fraction of sp³-hybridized carbons (Fsp3) is 0.538. The van der Waals surface area contributed by atoms with Crippen LogP contribution in [0.1, 0.15) is 17.7 Å². The fourth-order valence-electron chi connectivity index (χ4n) is 2.15. The molecule has 0 saturated carbocycles. The molecule has 1 aliphatic rings. The molecule has 2 heterocycles. The minimum absolute atomic E-state index is 0.699. The summed E-state index contributed by atoms with van der Waals surface area (Å²) in [4.78, 5) is 9.14. The smallest absolute Gasteiger partial charge is 0.130 e. The highest BCUT2D eigenvalue weighted by molar-refractivity contribution is 5.46. The average Bonchev–Trinajstić information content (AvgIpc) is 2.53. The number of hydrogen-bond acceptors (Lipinski definition) is 4. The lowest BCUT2D eigenvalue weighted by Crippen LogP contribution is -2.29. The van der Waals surface area contributed by atoms with Gasteiger partial charge in [-0.25, -0.2) is 4.98 Å². The number of likely N-dealkylation sites (N-methyl/N-ethyl adjacent to an activating group) is 1. The molecule has 1 saturated heterocycles. The molecule has 2 rings (SSSR count). The van der Waals surface area contributed by atoms with Gasteiger partial charge in [0.25, 0.3) is 0 Å². The number of hydrogen-bond donors (Lipinski definition) is 0. The van der Waals surface area contributed by atoms with Gasteiger partial charge in [-0.3, -0.25) is 0 Å². The molecule has 4 heteroatoms. The first-order valence-electron chi connectivity index (χ1n) is 6.01. The summed E-state index contributed by atoms with van der Waals surface area (Å²) in [6.45, 7) is 6.13. The molecule has 1 aromatic rings. The molecule has 0 spiro atoms. The van der Waals surface area contributed by atoms with Crippen molar-refractivity contribution in [2.24, 2.45) is 0 Å². The topological polar surface area (TPSA) is 43.2 Å². The van der Waals surface area contributed by atoms with E-state index < -0.39 is 0 Å². The summed E-state index contributed by atoms with van der Waals surface area (Å²) in [5.74, 6) is 0.942. The van der Waals surface area contributed by atoms with Crippen molar-refractivity contribution in [3.05, 3.63) is 23.4 Å². The molecule has 17 heavy (non-hydrogen) atoms. The van der Waals surface area contributed by atoms with Crippen molar-refractivity contribution in [2.45, 2.75) is 13.3 Å². The van der Waals surface area contributed by atoms with Crippen LogP contribution in [-0.4, -0.2) is 43.1 Å². The third-order valence-electron chi connectivity index (χ3n) is 3.11. The van der Waals surface area contributed by atoms with Crippen LogP contribution in [0.4, 0.5) is 5.82 Å². The first-order valence-corrected chi connectivity index (χ1v) is 6.01. The largest absolute Gasteiger partial charge is 0.355 e. The molecule has 1 aliphatic heterocycles. The van der Waals surface area contributed by atoms with Crippen LogP contribution in [0, 0.1) is 18.3 Å². The van der Waals surface area contributed by atoms with Crippen molar-refractivity contribution in [2.75, 3.05) is 38.1 Å². The molecule has 0 amide bonds. The van der Waals surface area contributed by atoms with Gasteiger partial charge in [-0.15, -0.1) is 0 Å². The van der Waals surface area contributed by atoms with Crippen molar-refractivity contribution in [1.29, 1.82) is 5.26 Å². The number of nitriles is 1. The maximum Gasteiger partial charge on any atom is 0.130 e. The summed E-state index contributed by atoms with van der Waals surface area (Å²) < 4.78 is 0. The fourth-order valence-corrected chi connectivity index (χ4v) is 2.15. The van der Waals surface area contributed by atoms with Crippen LogP contribution >= 0.6 is 0 Å². The standard InChI is InChI=1S/C13H18N4/c1-11-8-12(10-14)9-13(15-11)17-5-3-4-16(2)6-7-17/h8-9H,3-7H2,1-2H3. The Morgan fingerprint density at radius 1 is 1.24 bits per heavy atom. The zero-order chi connectivity index (χ0) is 12.3. The van der Waals surface area contributed by atoms with Crippen molar-refractivity contribution in [3.8, 4) is 6.07 Å². The van der Waals surface area contributed by atoms with E-state index >= 15 is 0 Å². The van der Waals surface area contributed by atoms with Gasteiger partial charge in [0.15, 0.2) is 0 Å². The Balaban J connectivity index is 2.21. The molecule has 0 atom stereocenters. The van der Waals surface area contributed by atoms with E-state index in [2.05, 4.69) is 27.9 Å². The zero-order valence-corrected chi connectivity index (χ0v) is 10.5. The van der Waals surface area contributed by atoms with E-state index in [-0.39, 0.29) is 0 Å². The van der Waals surface area contributed by atoms with E-state index in [4.69, 9.17) is 5.26 Å². The van der Waals surface area contributed by atoms with Gasteiger partial charge in [0.2, 0.25) is 0 Å². The summed E-state index contributed by atoms with van der Waals surface area (Å²) in [7, 11) is 2.15. The number of aromatic nitrogens is 1. The van der Waals surface area contributed by atoms with Crippen molar-refractivity contribution in [3.63, 3.8) is 0 Å². The highest BCUT2D eigenvalue weighted by atomic mass is 15.2. The van der Waals surface area contributed by atoms with Gasteiger partial charge < -0.3 is 9.80 Å². The summed E-state index contributed by atoms with van der Waals surface area (Å²) in [5, 5.41) is 8.98. The normalized spacial score (nSPS) is 17.6. The van der Waals surface area contributed by atoms with Gasteiger partial charge in [-0.1, -0.05) is 0 Å². The Kier molecular flexibility index (Phi) is 3.60. The molecule has 1 fully saturated rings. The van der Waals surface area contributed by atoms with E-state index in [0.29, 0.717) is 5.56 Å². The lowest BCUT2D eigenvalue weighted by Gasteiger charge is -2.22. The minimum atomic E-state index is 0.699. The summed E-state index contributed by atoms with van der Waals surface area (Å²) in [5.41, 5.74) is 1.61. The second-order valence-electron chi connectivity index (χ2n) is 4.61. The summed E-state index contributed by atoms with van der Waals surface area (Å²) in [6, 6.07) is 5.91. The van der Waals surface area contributed by atoms with Gasteiger partial charge in [0, 0.05) is 25.3 Å². The molecule has 0 aromatic carbocycles. The van der Waals surface area contributed by atoms with Gasteiger partial charge in [-0.2, -0.15) is 5.26 Å².